The molecule has 0 aliphatic carbocycles. The van der Waals surface area contributed by atoms with Crippen LogP contribution in [0.1, 0.15) is 41.1 Å². The molecule has 3 heterocycles. The first kappa shape index (κ1) is 14.6. The fraction of sp³-hybridized carbons (Fsp3) is 0.438. The number of H-pyrrole nitrogens is 1. The van der Waals surface area contributed by atoms with E-state index in [0.29, 0.717) is 24.6 Å². The van der Waals surface area contributed by atoms with Gasteiger partial charge in [0.05, 0.1) is 6.61 Å². The molecule has 0 saturated carbocycles. The molecule has 116 valence electrons. The van der Waals surface area contributed by atoms with Crippen LogP contribution in [0.15, 0.2) is 24.5 Å². The van der Waals surface area contributed by atoms with Crippen molar-refractivity contribution in [2.24, 2.45) is 0 Å². The van der Waals surface area contributed by atoms with Crippen LogP contribution in [0, 0.1) is 6.92 Å². The van der Waals surface area contributed by atoms with Crippen LogP contribution in [-0.4, -0.2) is 45.5 Å². The van der Waals surface area contributed by atoms with Crippen LogP contribution in [0.4, 0.5) is 0 Å². The fourth-order valence-corrected chi connectivity index (χ4v) is 2.78. The molecule has 1 N–H and O–H groups in total. The average Bonchev–Trinajstić information content (AvgIpc) is 3.16. The first-order valence-electron chi connectivity index (χ1n) is 7.57. The fourth-order valence-electron chi connectivity index (χ4n) is 2.78. The van der Waals surface area contributed by atoms with Crippen molar-refractivity contribution < 1.29 is 9.53 Å². The molecule has 1 saturated heterocycles. The van der Waals surface area contributed by atoms with E-state index < -0.39 is 0 Å². The quantitative estimate of drug-likeness (QED) is 0.939. The molecule has 0 aromatic carbocycles. The van der Waals surface area contributed by atoms with E-state index in [2.05, 4.69) is 15.0 Å². The number of rotatable bonds is 4. The monoisotopic (exact) mass is 300 g/mol. The van der Waals surface area contributed by atoms with E-state index in [1.54, 1.807) is 18.3 Å². The lowest BCUT2D eigenvalue weighted by Gasteiger charge is -2.17. The molecule has 1 aliphatic heterocycles. The molecular formula is C16H20N4O2. The Labute approximate surface area is 129 Å². The second-order valence-electron chi connectivity index (χ2n) is 5.48. The van der Waals surface area contributed by atoms with Gasteiger partial charge in [0.15, 0.2) is 0 Å². The van der Waals surface area contributed by atoms with Gasteiger partial charge in [0.1, 0.15) is 11.4 Å². The molecule has 2 aromatic rings. The number of aryl methyl sites for hydroxylation is 1. The summed E-state index contributed by atoms with van der Waals surface area (Å²) in [5, 5.41) is 0. The first-order chi connectivity index (χ1) is 10.7. The van der Waals surface area contributed by atoms with Gasteiger partial charge in [0, 0.05) is 37.1 Å². The molecule has 6 nitrogen and oxygen atoms in total. The number of hydrogen-bond acceptors (Lipinski definition) is 4. The molecule has 2 aromatic heterocycles. The number of amides is 1. The molecule has 0 unspecified atom stereocenters. The highest BCUT2D eigenvalue weighted by molar-refractivity contribution is 5.96. The van der Waals surface area contributed by atoms with Crippen LogP contribution < -0.4 is 4.74 Å². The number of carbonyl (C=O) groups excluding carboxylic acids is 1. The summed E-state index contributed by atoms with van der Waals surface area (Å²) in [7, 11) is 0. The zero-order valence-electron chi connectivity index (χ0n) is 12.9. The molecule has 22 heavy (non-hydrogen) atoms. The minimum absolute atomic E-state index is 0.0256. The summed E-state index contributed by atoms with van der Waals surface area (Å²) in [4.78, 5) is 26.3. The van der Waals surface area contributed by atoms with E-state index in [0.717, 1.165) is 24.5 Å². The number of likely N-dealkylation sites (tertiary alicyclic amines) is 1. The summed E-state index contributed by atoms with van der Waals surface area (Å²) < 4.78 is 5.46. The SMILES string of the molecule is CCOc1ncccc1C(=O)N1CC[C@@H](c2ncc(C)[nH]2)C1. The number of aromatic nitrogens is 3. The number of imidazole rings is 1. The minimum Gasteiger partial charge on any atom is -0.477 e. The predicted molar refractivity (Wildman–Crippen MR) is 82.0 cm³/mol. The third kappa shape index (κ3) is 2.81. The number of hydrogen-bond donors (Lipinski definition) is 1. The Morgan fingerprint density at radius 1 is 1.50 bits per heavy atom. The average molecular weight is 300 g/mol. The van der Waals surface area contributed by atoms with E-state index in [9.17, 15) is 4.79 Å². The van der Waals surface area contributed by atoms with Gasteiger partial charge in [0.2, 0.25) is 5.88 Å². The minimum atomic E-state index is -0.0256. The summed E-state index contributed by atoms with van der Waals surface area (Å²) in [5.74, 6) is 1.61. The molecule has 6 heteroatoms. The lowest BCUT2D eigenvalue weighted by molar-refractivity contribution is 0.0785. The van der Waals surface area contributed by atoms with Crippen molar-refractivity contribution in [3.05, 3.63) is 41.6 Å². The Morgan fingerprint density at radius 3 is 3.09 bits per heavy atom. The third-order valence-electron chi connectivity index (χ3n) is 3.87. The molecule has 0 bridgehead atoms. The van der Waals surface area contributed by atoms with E-state index in [-0.39, 0.29) is 11.8 Å². The number of carbonyl (C=O) groups is 1. The maximum absolute atomic E-state index is 12.7. The van der Waals surface area contributed by atoms with Gasteiger partial charge < -0.3 is 14.6 Å². The summed E-state index contributed by atoms with van der Waals surface area (Å²) in [5.41, 5.74) is 1.58. The van der Waals surface area contributed by atoms with Gasteiger partial charge in [-0.1, -0.05) is 0 Å². The van der Waals surface area contributed by atoms with Gasteiger partial charge in [-0.3, -0.25) is 4.79 Å². The lowest BCUT2D eigenvalue weighted by Crippen LogP contribution is -2.29. The number of nitrogens with zero attached hydrogens (tertiary/aromatic N) is 3. The largest absolute Gasteiger partial charge is 0.477 e. The number of aromatic amines is 1. The second kappa shape index (κ2) is 6.17. The Morgan fingerprint density at radius 2 is 2.36 bits per heavy atom. The van der Waals surface area contributed by atoms with Gasteiger partial charge in [-0.2, -0.15) is 0 Å². The van der Waals surface area contributed by atoms with Crippen molar-refractivity contribution >= 4 is 5.91 Å². The highest BCUT2D eigenvalue weighted by Crippen LogP contribution is 2.27. The van der Waals surface area contributed by atoms with Gasteiger partial charge >= 0.3 is 0 Å². The van der Waals surface area contributed by atoms with E-state index in [4.69, 9.17) is 4.74 Å². The van der Waals surface area contributed by atoms with Crippen molar-refractivity contribution in [2.75, 3.05) is 19.7 Å². The van der Waals surface area contributed by atoms with E-state index in [1.807, 2.05) is 24.9 Å². The van der Waals surface area contributed by atoms with Crippen molar-refractivity contribution in [1.82, 2.24) is 19.9 Å². The van der Waals surface area contributed by atoms with Gasteiger partial charge in [-0.05, 0) is 32.4 Å². The van der Waals surface area contributed by atoms with Crippen molar-refractivity contribution in [3.8, 4) is 5.88 Å². The first-order valence-corrected chi connectivity index (χ1v) is 7.57. The maximum Gasteiger partial charge on any atom is 0.259 e. The van der Waals surface area contributed by atoms with Crippen LogP contribution in [0.3, 0.4) is 0 Å². The zero-order chi connectivity index (χ0) is 15.5. The van der Waals surface area contributed by atoms with Gasteiger partial charge in [-0.15, -0.1) is 0 Å². The summed E-state index contributed by atoms with van der Waals surface area (Å²) >= 11 is 0. The van der Waals surface area contributed by atoms with E-state index >= 15 is 0 Å². The molecule has 1 aliphatic rings. The van der Waals surface area contributed by atoms with Crippen molar-refractivity contribution in [1.29, 1.82) is 0 Å². The summed E-state index contributed by atoms with van der Waals surface area (Å²) in [6.07, 6.45) is 4.39. The second-order valence-corrected chi connectivity index (χ2v) is 5.48. The topological polar surface area (TPSA) is 71.1 Å². The molecule has 1 amide bonds. The van der Waals surface area contributed by atoms with Gasteiger partial charge in [0.25, 0.3) is 5.91 Å². The molecule has 3 rings (SSSR count). The van der Waals surface area contributed by atoms with Crippen molar-refractivity contribution in [2.45, 2.75) is 26.2 Å². The Bertz CT molecular complexity index is 668. The Kier molecular flexibility index (Phi) is 4.09. The van der Waals surface area contributed by atoms with Crippen LogP contribution in [0.2, 0.25) is 0 Å². The van der Waals surface area contributed by atoms with E-state index in [1.165, 1.54) is 0 Å². The molecular weight excluding hydrogens is 280 g/mol. The van der Waals surface area contributed by atoms with Crippen molar-refractivity contribution in [3.63, 3.8) is 0 Å². The third-order valence-corrected chi connectivity index (χ3v) is 3.87. The van der Waals surface area contributed by atoms with Crippen LogP contribution in [0.5, 0.6) is 5.88 Å². The Hall–Kier alpha value is -2.37. The number of nitrogens with one attached hydrogen (secondary N) is 1. The molecule has 1 fully saturated rings. The highest BCUT2D eigenvalue weighted by Gasteiger charge is 2.30. The zero-order valence-corrected chi connectivity index (χ0v) is 12.9. The van der Waals surface area contributed by atoms with Crippen LogP contribution in [0.25, 0.3) is 0 Å². The standard InChI is InChI=1S/C16H20N4O2/c1-3-22-15-13(5-4-7-17-15)16(21)20-8-6-12(10-20)14-18-9-11(2)19-14/h4-5,7,9,12H,3,6,8,10H2,1-2H3,(H,18,19)/t12-/m1/s1. The highest BCUT2D eigenvalue weighted by atomic mass is 16.5. The number of pyridine rings is 1. The molecule has 0 spiro atoms. The predicted octanol–water partition coefficient (Wildman–Crippen LogP) is 2.14. The lowest BCUT2D eigenvalue weighted by atomic mass is 10.1. The van der Waals surface area contributed by atoms with Crippen LogP contribution >= 0.6 is 0 Å². The summed E-state index contributed by atoms with van der Waals surface area (Å²) in [6, 6.07) is 3.53. The van der Waals surface area contributed by atoms with Gasteiger partial charge in [-0.25, -0.2) is 9.97 Å². The summed E-state index contributed by atoms with van der Waals surface area (Å²) in [6.45, 7) is 5.76. The molecule has 1 atom stereocenters. The number of ether oxygens (including phenoxy) is 1. The Balaban J connectivity index is 1.74. The normalized spacial score (nSPS) is 17.7. The molecule has 0 radical (unpaired) electrons. The maximum atomic E-state index is 12.7. The van der Waals surface area contributed by atoms with Crippen LogP contribution in [-0.2, 0) is 0 Å². The smallest absolute Gasteiger partial charge is 0.259 e.